The van der Waals surface area contributed by atoms with Gasteiger partial charge in [-0.15, -0.1) is 0 Å². The highest BCUT2D eigenvalue weighted by Gasteiger charge is 2.48. The molecule has 0 bridgehead atoms. The van der Waals surface area contributed by atoms with Crippen molar-refractivity contribution in [1.82, 2.24) is 0 Å². The van der Waals surface area contributed by atoms with Crippen LogP contribution in [0.3, 0.4) is 0 Å². The molecule has 1 amide bonds. The van der Waals surface area contributed by atoms with Gasteiger partial charge in [-0.3, -0.25) is 4.90 Å². The molecule has 1 aliphatic heterocycles. The van der Waals surface area contributed by atoms with E-state index in [0.29, 0.717) is 12.2 Å². The SMILES string of the molecule is Nc1ccc2c(c1)N(C(=O)O)CC21CCC1. The molecule has 1 fully saturated rings. The second kappa shape index (κ2) is 2.90. The largest absolute Gasteiger partial charge is 0.465 e. The van der Waals surface area contributed by atoms with E-state index >= 15 is 0 Å². The van der Waals surface area contributed by atoms with Gasteiger partial charge in [0.15, 0.2) is 0 Å². The fourth-order valence-electron chi connectivity index (χ4n) is 2.90. The van der Waals surface area contributed by atoms with Crippen molar-refractivity contribution in [2.75, 3.05) is 17.2 Å². The molecule has 1 aliphatic carbocycles. The number of amides is 1. The number of carbonyl (C=O) groups is 1. The van der Waals surface area contributed by atoms with Gasteiger partial charge < -0.3 is 10.8 Å². The van der Waals surface area contributed by atoms with Crippen molar-refractivity contribution < 1.29 is 9.90 Å². The molecule has 4 heteroatoms. The Morgan fingerprint density at radius 2 is 2.19 bits per heavy atom. The summed E-state index contributed by atoms with van der Waals surface area (Å²) in [6.07, 6.45) is 2.49. The quantitative estimate of drug-likeness (QED) is 0.656. The van der Waals surface area contributed by atoms with Crippen molar-refractivity contribution in [2.45, 2.75) is 24.7 Å². The first-order chi connectivity index (χ1) is 7.62. The van der Waals surface area contributed by atoms with Crippen molar-refractivity contribution in [3.8, 4) is 0 Å². The predicted molar refractivity (Wildman–Crippen MR) is 61.8 cm³/mol. The average molecular weight is 218 g/mol. The molecule has 4 nitrogen and oxygen atoms in total. The summed E-state index contributed by atoms with van der Waals surface area (Å²) in [6.45, 7) is 0.598. The van der Waals surface area contributed by atoms with Gasteiger partial charge in [-0.25, -0.2) is 4.79 Å². The van der Waals surface area contributed by atoms with E-state index < -0.39 is 6.09 Å². The maximum absolute atomic E-state index is 11.2. The molecule has 0 radical (unpaired) electrons. The Balaban J connectivity index is 2.13. The Morgan fingerprint density at radius 3 is 2.75 bits per heavy atom. The lowest BCUT2D eigenvalue weighted by atomic mass is 9.66. The third-order valence-electron chi connectivity index (χ3n) is 3.89. The van der Waals surface area contributed by atoms with E-state index in [0.717, 1.165) is 24.1 Å². The second-order valence-corrected chi connectivity index (χ2v) is 4.78. The van der Waals surface area contributed by atoms with Crippen LogP contribution in [-0.2, 0) is 5.41 Å². The van der Waals surface area contributed by atoms with Crippen LogP contribution in [0, 0.1) is 0 Å². The zero-order chi connectivity index (χ0) is 11.3. The number of hydrogen-bond donors (Lipinski definition) is 2. The van der Waals surface area contributed by atoms with Crippen LogP contribution in [0.25, 0.3) is 0 Å². The van der Waals surface area contributed by atoms with Gasteiger partial charge >= 0.3 is 6.09 Å². The number of rotatable bonds is 0. The van der Waals surface area contributed by atoms with Gasteiger partial charge in [0.05, 0.1) is 5.69 Å². The Morgan fingerprint density at radius 1 is 1.44 bits per heavy atom. The van der Waals surface area contributed by atoms with Crippen molar-refractivity contribution in [3.05, 3.63) is 23.8 Å². The Bertz CT molecular complexity index is 466. The first-order valence-electron chi connectivity index (χ1n) is 5.53. The van der Waals surface area contributed by atoms with Crippen molar-refractivity contribution >= 4 is 17.5 Å². The fraction of sp³-hybridized carbons (Fsp3) is 0.417. The summed E-state index contributed by atoms with van der Waals surface area (Å²) in [6, 6.07) is 5.63. The molecule has 0 saturated heterocycles. The first kappa shape index (κ1) is 9.51. The molecule has 1 spiro atoms. The van der Waals surface area contributed by atoms with Crippen LogP contribution in [0.4, 0.5) is 16.2 Å². The number of anilines is 2. The summed E-state index contributed by atoms with van der Waals surface area (Å²) in [5.41, 5.74) is 8.38. The topological polar surface area (TPSA) is 66.6 Å². The Hall–Kier alpha value is -1.71. The predicted octanol–water partition coefficient (Wildman–Crippen LogP) is 2.19. The van der Waals surface area contributed by atoms with Crippen LogP contribution in [0.5, 0.6) is 0 Å². The normalized spacial score (nSPS) is 20.6. The molecule has 1 aromatic carbocycles. The molecule has 3 N–H and O–H groups in total. The molecule has 1 saturated carbocycles. The lowest BCUT2D eigenvalue weighted by Crippen LogP contribution is -2.40. The number of fused-ring (bicyclic) bond motifs is 2. The molecule has 1 heterocycles. The van der Waals surface area contributed by atoms with Crippen molar-refractivity contribution in [2.24, 2.45) is 0 Å². The third kappa shape index (κ3) is 1.07. The molecule has 0 aromatic heterocycles. The van der Waals surface area contributed by atoms with Crippen LogP contribution < -0.4 is 10.6 Å². The minimum atomic E-state index is -0.879. The molecule has 0 atom stereocenters. The van der Waals surface area contributed by atoms with E-state index in [2.05, 4.69) is 0 Å². The van der Waals surface area contributed by atoms with Gasteiger partial charge in [-0.05, 0) is 30.5 Å². The van der Waals surface area contributed by atoms with Crippen molar-refractivity contribution in [1.29, 1.82) is 0 Å². The number of benzene rings is 1. The van der Waals surface area contributed by atoms with Gasteiger partial charge in [0.2, 0.25) is 0 Å². The van der Waals surface area contributed by atoms with E-state index in [1.54, 1.807) is 6.07 Å². The van der Waals surface area contributed by atoms with E-state index in [4.69, 9.17) is 5.73 Å². The summed E-state index contributed by atoms with van der Waals surface area (Å²) in [5, 5.41) is 9.19. The van der Waals surface area contributed by atoms with Gasteiger partial charge in [0, 0.05) is 17.6 Å². The highest BCUT2D eigenvalue weighted by Crippen LogP contribution is 2.52. The summed E-state index contributed by atoms with van der Waals surface area (Å²) in [7, 11) is 0. The average Bonchev–Trinajstić information content (AvgIpc) is 2.51. The number of nitrogens with two attached hydrogens (primary N) is 1. The highest BCUT2D eigenvalue weighted by atomic mass is 16.4. The van der Waals surface area contributed by atoms with Crippen LogP contribution >= 0.6 is 0 Å². The van der Waals surface area contributed by atoms with E-state index in [-0.39, 0.29) is 5.41 Å². The molecule has 2 aliphatic rings. The van der Waals surface area contributed by atoms with Crippen LogP contribution in [0.2, 0.25) is 0 Å². The minimum Gasteiger partial charge on any atom is -0.465 e. The Kier molecular flexibility index (Phi) is 1.73. The number of carboxylic acid groups (broad SMARTS) is 1. The highest BCUT2D eigenvalue weighted by molar-refractivity contribution is 5.91. The smallest absolute Gasteiger partial charge is 0.411 e. The summed E-state index contributed by atoms with van der Waals surface area (Å²) < 4.78 is 0. The lowest BCUT2D eigenvalue weighted by Gasteiger charge is -2.38. The maximum atomic E-state index is 11.2. The van der Waals surface area contributed by atoms with E-state index in [9.17, 15) is 9.90 Å². The van der Waals surface area contributed by atoms with Crippen molar-refractivity contribution in [3.63, 3.8) is 0 Å². The number of nitrogens with zero attached hydrogens (tertiary/aromatic N) is 1. The van der Waals surface area contributed by atoms with E-state index in [1.807, 2.05) is 12.1 Å². The standard InChI is InChI=1S/C12H14N2O2/c13-8-2-3-9-10(6-8)14(11(15)16)7-12(9)4-1-5-12/h2-3,6H,1,4-5,7,13H2,(H,15,16). The van der Waals surface area contributed by atoms with Crippen LogP contribution in [0.1, 0.15) is 24.8 Å². The second-order valence-electron chi connectivity index (χ2n) is 4.78. The van der Waals surface area contributed by atoms with Gasteiger partial charge in [0.1, 0.15) is 0 Å². The molecular formula is C12H14N2O2. The summed E-state index contributed by atoms with van der Waals surface area (Å²) >= 11 is 0. The lowest BCUT2D eigenvalue weighted by molar-refractivity contribution is 0.196. The number of nitrogen functional groups attached to an aromatic ring is 1. The molecular weight excluding hydrogens is 204 g/mol. The molecule has 16 heavy (non-hydrogen) atoms. The Labute approximate surface area is 93.7 Å². The van der Waals surface area contributed by atoms with Gasteiger partial charge in [0.25, 0.3) is 0 Å². The number of hydrogen-bond acceptors (Lipinski definition) is 2. The summed E-state index contributed by atoms with van der Waals surface area (Å²) in [4.78, 5) is 12.6. The zero-order valence-corrected chi connectivity index (χ0v) is 8.94. The van der Waals surface area contributed by atoms with E-state index in [1.165, 1.54) is 11.3 Å². The fourth-order valence-corrected chi connectivity index (χ4v) is 2.90. The third-order valence-corrected chi connectivity index (χ3v) is 3.89. The maximum Gasteiger partial charge on any atom is 0.411 e. The first-order valence-corrected chi connectivity index (χ1v) is 5.53. The summed E-state index contributed by atoms with van der Waals surface area (Å²) in [5.74, 6) is 0. The molecule has 84 valence electrons. The molecule has 1 aromatic rings. The molecule has 0 unspecified atom stereocenters. The minimum absolute atomic E-state index is 0.0847. The van der Waals surface area contributed by atoms with Crippen LogP contribution in [0.15, 0.2) is 18.2 Å². The van der Waals surface area contributed by atoms with Gasteiger partial charge in [-0.1, -0.05) is 12.5 Å². The van der Waals surface area contributed by atoms with Gasteiger partial charge in [-0.2, -0.15) is 0 Å². The monoisotopic (exact) mass is 218 g/mol. The molecule has 3 rings (SSSR count). The van der Waals surface area contributed by atoms with Crippen LogP contribution in [-0.4, -0.2) is 17.7 Å². The zero-order valence-electron chi connectivity index (χ0n) is 8.94.